The van der Waals surface area contributed by atoms with Crippen LogP contribution in [0.5, 0.6) is 0 Å². The molecule has 100 valence electrons. The van der Waals surface area contributed by atoms with Crippen LogP contribution in [-0.4, -0.2) is 16.6 Å². The highest BCUT2D eigenvalue weighted by Gasteiger charge is 2.20. The number of benzene rings is 1. The molecule has 3 rings (SSSR count). The van der Waals surface area contributed by atoms with Crippen LogP contribution in [0.1, 0.15) is 29.8 Å². The first-order valence-electron chi connectivity index (χ1n) is 7.09. The first-order valence-corrected chi connectivity index (χ1v) is 7.09. The molecule has 0 unspecified atom stereocenters. The summed E-state index contributed by atoms with van der Waals surface area (Å²) >= 11 is 0. The van der Waals surface area contributed by atoms with Crippen molar-refractivity contribution in [1.82, 2.24) is 14.9 Å². The highest BCUT2D eigenvalue weighted by Crippen LogP contribution is 2.27. The number of fused-ring (bicyclic) bond motifs is 1. The molecule has 0 atom stereocenters. The number of hydrogen-bond acceptors (Lipinski definition) is 2. The van der Waals surface area contributed by atoms with Gasteiger partial charge < -0.3 is 9.88 Å². The van der Waals surface area contributed by atoms with E-state index in [1.165, 1.54) is 35.4 Å². The van der Waals surface area contributed by atoms with Gasteiger partial charge in [-0.1, -0.05) is 23.8 Å². The fourth-order valence-corrected chi connectivity index (χ4v) is 2.93. The van der Waals surface area contributed by atoms with Gasteiger partial charge in [-0.25, -0.2) is 4.98 Å². The molecule has 19 heavy (non-hydrogen) atoms. The topological polar surface area (TPSA) is 29.9 Å². The lowest BCUT2D eigenvalue weighted by Gasteiger charge is -2.17. The van der Waals surface area contributed by atoms with Gasteiger partial charge in [-0.3, -0.25) is 0 Å². The minimum absolute atomic E-state index is 0.862. The molecule has 1 aliphatic heterocycles. The molecular formula is C16H21N3. The summed E-state index contributed by atoms with van der Waals surface area (Å²) in [4.78, 5) is 4.89. The number of hydrogen-bond donors (Lipinski definition) is 1. The molecule has 3 nitrogen and oxygen atoms in total. The predicted molar refractivity (Wildman–Crippen MR) is 78.1 cm³/mol. The molecule has 0 saturated carbocycles. The van der Waals surface area contributed by atoms with Gasteiger partial charge in [0.25, 0.3) is 0 Å². The molecule has 2 heterocycles. The number of nitrogens with zero attached hydrogens (tertiary/aromatic N) is 2. The Balaban J connectivity index is 2.10. The minimum Gasteiger partial charge on any atom is -0.328 e. The van der Waals surface area contributed by atoms with Crippen molar-refractivity contribution in [1.29, 1.82) is 0 Å². The molecule has 1 aliphatic rings. The summed E-state index contributed by atoms with van der Waals surface area (Å²) in [5.41, 5.74) is 5.18. The molecule has 1 aromatic carbocycles. The maximum absolute atomic E-state index is 4.89. The van der Waals surface area contributed by atoms with Crippen molar-refractivity contribution in [3.8, 4) is 11.4 Å². The van der Waals surface area contributed by atoms with Gasteiger partial charge in [-0.05, 0) is 39.3 Å². The fourth-order valence-electron chi connectivity index (χ4n) is 2.93. The molecule has 0 saturated heterocycles. The molecule has 0 fully saturated rings. The van der Waals surface area contributed by atoms with Gasteiger partial charge in [0, 0.05) is 24.3 Å². The van der Waals surface area contributed by atoms with Gasteiger partial charge in [-0.15, -0.1) is 0 Å². The van der Waals surface area contributed by atoms with E-state index in [0.717, 1.165) is 25.3 Å². The van der Waals surface area contributed by atoms with E-state index >= 15 is 0 Å². The van der Waals surface area contributed by atoms with Crippen molar-refractivity contribution in [2.75, 3.05) is 7.05 Å². The Labute approximate surface area is 114 Å². The van der Waals surface area contributed by atoms with E-state index in [4.69, 9.17) is 4.98 Å². The van der Waals surface area contributed by atoms with E-state index < -0.39 is 0 Å². The van der Waals surface area contributed by atoms with Gasteiger partial charge >= 0.3 is 0 Å². The van der Waals surface area contributed by atoms with Crippen molar-refractivity contribution in [3.63, 3.8) is 0 Å². The SMILES string of the molecule is CNCc1nc(-c2cccc(C)c2)n2c1CCCC2. The van der Waals surface area contributed by atoms with Crippen molar-refractivity contribution < 1.29 is 0 Å². The quantitative estimate of drug-likeness (QED) is 0.914. The number of nitrogens with one attached hydrogen (secondary N) is 1. The molecular weight excluding hydrogens is 234 g/mol. The van der Waals surface area contributed by atoms with E-state index in [1.54, 1.807) is 0 Å². The molecule has 0 aliphatic carbocycles. The van der Waals surface area contributed by atoms with Crippen molar-refractivity contribution in [3.05, 3.63) is 41.2 Å². The third kappa shape index (κ3) is 2.30. The van der Waals surface area contributed by atoms with Crippen molar-refractivity contribution in [2.45, 2.75) is 39.3 Å². The standard InChI is InChI=1S/C16H21N3/c1-12-6-5-7-13(10-12)16-18-14(11-17-2)15-8-3-4-9-19(15)16/h5-7,10,17H,3-4,8-9,11H2,1-2H3. The van der Waals surface area contributed by atoms with Crippen LogP contribution in [0.3, 0.4) is 0 Å². The number of aromatic nitrogens is 2. The predicted octanol–water partition coefficient (Wildman–Crippen LogP) is 2.91. The summed E-state index contributed by atoms with van der Waals surface area (Å²) in [7, 11) is 1.99. The number of rotatable bonds is 3. The lowest BCUT2D eigenvalue weighted by molar-refractivity contribution is 0.531. The maximum Gasteiger partial charge on any atom is 0.140 e. The van der Waals surface area contributed by atoms with Crippen LogP contribution in [0.25, 0.3) is 11.4 Å². The molecule has 3 heteroatoms. The van der Waals surface area contributed by atoms with Crippen LogP contribution in [-0.2, 0) is 19.5 Å². The Bertz CT molecular complexity index is 584. The van der Waals surface area contributed by atoms with Gasteiger partial charge in [0.15, 0.2) is 0 Å². The second-order valence-electron chi connectivity index (χ2n) is 5.34. The monoisotopic (exact) mass is 255 g/mol. The Morgan fingerprint density at radius 3 is 3.00 bits per heavy atom. The van der Waals surface area contributed by atoms with Crippen LogP contribution in [0, 0.1) is 6.92 Å². The van der Waals surface area contributed by atoms with E-state index in [-0.39, 0.29) is 0 Å². The first kappa shape index (κ1) is 12.4. The Kier molecular flexibility index (Phi) is 3.38. The smallest absolute Gasteiger partial charge is 0.140 e. The average Bonchev–Trinajstić information content (AvgIpc) is 2.79. The van der Waals surface area contributed by atoms with Crippen LogP contribution in [0.15, 0.2) is 24.3 Å². The van der Waals surface area contributed by atoms with E-state index in [1.807, 2.05) is 7.05 Å². The lowest BCUT2D eigenvalue weighted by atomic mass is 10.1. The summed E-state index contributed by atoms with van der Waals surface area (Å²) in [5.74, 6) is 1.14. The number of imidazole rings is 1. The molecule has 1 aromatic heterocycles. The van der Waals surface area contributed by atoms with Gasteiger partial charge in [0.05, 0.1) is 5.69 Å². The van der Waals surface area contributed by atoms with Gasteiger partial charge in [-0.2, -0.15) is 0 Å². The van der Waals surface area contributed by atoms with E-state index in [2.05, 4.69) is 41.1 Å². The zero-order valence-corrected chi connectivity index (χ0v) is 11.7. The fraction of sp³-hybridized carbons (Fsp3) is 0.438. The molecule has 0 radical (unpaired) electrons. The Morgan fingerprint density at radius 2 is 2.21 bits per heavy atom. The molecule has 0 bridgehead atoms. The Morgan fingerprint density at radius 1 is 1.32 bits per heavy atom. The average molecular weight is 255 g/mol. The molecule has 1 N–H and O–H groups in total. The molecule has 2 aromatic rings. The first-order chi connectivity index (χ1) is 9.29. The van der Waals surface area contributed by atoms with Gasteiger partial charge in [0.1, 0.15) is 5.82 Å². The normalized spacial score (nSPS) is 14.4. The zero-order valence-electron chi connectivity index (χ0n) is 11.7. The van der Waals surface area contributed by atoms with Crippen LogP contribution in [0.2, 0.25) is 0 Å². The second kappa shape index (κ2) is 5.17. The van der Waals surface area contributed by atoms with Crippen LogP contribution in [0.4, 0.5) is 0 Å². The highest BCUT2D eigenvalue weighted by molar-refractivity contribution is 5.58. The third-order valence-electron chi connectivity index (χ3n) is 3.82. The summed E-state index contributed by atoms with van der Waals surface area (Å²) in [6.45, 7) is 4.11. The largest absolute Gasteiger partial charge is 0.328 e. The second-order valence-corrected chi connectivity index (χ2v) is 5.34. The van der Waals surface area contributed by atoms with E-state index in [9.17, 15) is 0 Å². The van der Waals surface area contributed by atoms with Crippen molar-refractivity contribution >= 4 is 0 Å². The van der Waals surface area contributed by atoms with Crippen molar-refractivity contribution in [2.24, 2.45) is 0 Å². The highest BCUT2D eigenvalue weighted by atomic mass is 15.1. The number of aryl methyl sites for hydroxylation is 1. The lowest BCUT2D eigenvalue weighted by Crippen LogP contribution is -2.14. The molecule has 0 amide bonds. The maximum atomic E-state index is 4.89. The summed E-state index contributed by atoms with van der Waals surface area (Å²) in [6.07, 6.45) is 3.71. The minimum atomic E-state index is 0.862. The van der Waals surface area contributed by atoms with Crippen LogP contribution < -0.4 is 5.32 Å². The Hall–Kier alpha value is -1.61. The van der Waals surface area contributed by atoms with Crippen LogP contribution >= 0.6 is 0 Å². The third-order valence-corrected chi connectivity index (χ3v) is 3.82. The zero-order chi connectivity index (χ0) is 13.2. The van der Waals surface area contributed by atoms with E-state index in [0.29, 0.717) is 0 Å². The summed E-state index contributed by atoms with van der Waals surface area (Å²) in [6, 6.07) is 8.65. The summed E-state index contributed by atoms with van der Waals surface area (Å²) < 4.78 is 2.42. The summed E-state index contributed by atoms with van der Waals surface area (Å²) in [5, 5.41) is 3.23. The molecule has 0 spiro atoms. The van der Waals surface area contributed by atoms with Gasteiger partial charge in [0.2, 0.25) is 0 Å².